The standard InChI is InChI=1S/C9H17NO2.ClH/c1-4-8(11)12-7-5-6-9(2,3)10;/h4H,1,5-7,10H2,2-3H3;1H. The molecule has 78 valence electrons. The van der Waals surface area contributed by atoms with Gasteiger partial charge in [-0.25, -0.2) is 4.79 Å². The maximum absolute atomic E-state index is 10.6. The van der Waals surface area contributed by atoms with Crippen molar-refractivity contribution < 1.29 is 9.53 Å². The number of carbonyl (C=O) groups excluding carboxylic acids is 1. The predicted molar refractivity (Wildman–Crippen MR) is 55.9 cm³/mol. The third-order valence-corrected chi connectivity index (χ3v) is 1.38. The molecule has 0 aromatic carbocycles. The SMILES string of the molecule is C=CC(=O)OCCCC(C)(C)N.Cl. The van der Waals surface area contributed by atoms with Gasteiger partial charge in [0.1, 0.15) is 0 Å². The van der Waals surface area contributed by atoms with Crippen molar-refractivity contribution >= 4 is 18.4 Å². The van der Waals surface area contributed by atoms with E-state index in [-0.39, 0.29) is 23.9 Å². The summed E-state index contributed by atoms with van der Waals surface area (Å²) in [5, 5.41) is 0. The molecular weight excluding hydrogens is 190 g/mol. The topological polar surface area (TPSA) is 52.3 Å². The van der Waals surface area contributed by atoms with Crippen LogP contribution in [-0.2, 0) is 9.53 Å². The van der Waals surface area contributed by atoms with Crippen molar-refractivity contribution in [3.8, 4) is 0 Å². The van der Waals surface area contributed by atoms with Crippen LogP contribution in [0, 0.1) is 0 Å². The molecule has 4 heteroatoms. The van der Waals surface area contributed by atoms with Crippen molar-refractivity contribution in [1.82, 2.24) is 0 Å². The lowest BCUT2D eigenvalue weighted by Crippen LogP contribution is -2.31. The quantitative estimate of drug-likeness (QED) is 0.424. The Hall–Kier alpha value is -0.540. The van der Waals surface area contributed by atoms with Gasteiger partial charge in [0, 0.05) is 11.6 Å². The fraction of sp³-hybridized carbons (Fsp3) is 0.667. The van der Waals surface area contributed by atoms with Crippen molar-refractivity contribution in [1.29, 1.82) is 0 Å². The van der Waals surface area contributed by atoms with Crippen LogP contribution in [0.15, 0.2) is 12.7 Å². The molecule has 0 rings (SSSR count). The van der Waals surface area contributed by atoms with E-state index in [9.17, 15) is 4.79 Å². The minimum atomic E-state index is -0.371. The average molecular weight is 208 g/mol. The second-order valence-electron chi connectivity index (χ2n) is 3.46. The molecule has 0 aromatic rings. The van der Waals surface area contributed by atoms with Crippen LogP contribution in [0.2, 0.25) is 0 Å². The van der Waals surface area contributed by atoms with Crippen molar-refractivity contribution in [2.24, 2.45) is 5.73 Å². The molecule has 3 nitrogen and oxygen atoms in total. The van der Waals surface area contributed by atoms with Crippen LogP contribution >= 0.6 is 12.4 Å². The highest BCUT2D eigenvalue weighted by Crippen LogP contribution is 2.06. The smallest absolute Gasteiger partial charge is 0.330 e. The number of nitrogens with two attached hydrogens (primary N) is 1. The molecule has 13 heavy (non-hydrogen) atoms. The van der Waals surface area contributed by atoms with Gasteiger partial charge in [0.25, 0.3) is 0 Å². The molecule has 0 saturated carbocycles. The fourth-order valence-corrected chi connectivity index (χ4v) is 0.759. The van der Waals surface area contributed by atoms with Gasteiger partial charge in [0.2, 0.25) is 0 Å². The van der Waals surface area contributed by atoms with Crippen LogP contribution in [0.3, 0.4) is 0 Å². The predicted octanol–water partition coefficient (Wildman–Crippen LogP) is 1.65. The summed E-state index contributed by atoms with van der Waals surface area (Å²) in [5.41, 5.74) is 5.54. The Morgan fingerprint density at radius 2 is 2.15 bits per heavy atom. The zero-order chi connectivity index (χ0) is 9.61. The molecule has 0 saturated heterocycles. The molecule has 0 aliphatic carbocycles. The highest BCUT2D eigenvalue weighted by atomic mass is 35.5. The lowest BCUT2D eigenvalue weighted by Gasteiger charge is -2.17. The van der Waals surface area contributed by atoms with E-state index in [0.29, 0.717) is 6.61 Å². The number of ether oxygens (including phenoxy) is 1. The minimum absolute atomic E-state index is 0. The minimum Gasteiger partial charge on any atom is -0.463 e. The van der Waals surface area contributed by atoms with E-state index in [0.717, 1.165) is 18.9 Å². The Labute approximate surface area is 85.7 Å². The van der Waals surface area contributed by atoms with Gasteiger partial charge in [-0.2, -0.15) is 0 Å². The summed E-state index contributed by atoms with van der Waals surface area (Å²) < 4.78 is 4.77. The van der Waals surface area contributed by atoms with Gasteiger partial charge in [-0.1, -0.05) is 6.58 Å². The van der Waals surface area contributed by atoms with E-state index < -0.39 is 0 Å². The number of hydrogen-bond acceptors (Lipinski definition) is 3. The first-order valence-corrected chi connectivity index (χ1v) is 4.04. The number of esters is 1. The molecule has 0 amide bonds. The van der Waals surface area contributed by atoms with Gasteiger partial charge in [-0.15, -0.1) is 12.4 Å². The summed E-state index contributed by atoms with van der Waals surface area (Å²) in [7, 11) is 0. The van der Waals surface area contributed by atoms with Crippen LogP contribution in [0.5, 0.6) is 0 Å². The molecular formula is C9H18ClNO2. The summed E-state index contributed by atoms with van der Waals surface area (Å²) >= 11 is 0. The monoisotopic (exact) mass is 207 g/mol. The Kier molecular flexibility index (Phi) is 7.96. The average Bonchev–Trinajstić information content (AvgIpc) is 1.96. The molecule has 0 aliphatic heterocycles. The summed E-state index contributed by atoms with van der Waals surface area (Å²) in [6.07, 6.45) is 2.80. The molecule has 0 atom stereocenters. The number of rotatable bonds is 5. The molecule has 0 fully saturated rings. The Morgan fingerprint density at radius 1 is 1.62 bits per heavy atom. The van der Waals surface area contributed by atoms with Crippen LogP contribution in [0.25, 0.3) is 0 Å². The molecule has 0 aliphatic rings. The van der Waals surface area contributed by atoms with Gasteiger partial charge < -0.3 is 10.5 Å². The molecule has 0 bridgehead atoms. The largest absolute Gasteiger partial charge is 0.463 e. The summed E-state index contributed by atoms with van der Waals surface area (Å²) in [5.74, 6) is -0.371. The molecule has 0 radical (unpaired) electrons. The Morgan fingerprint density at radius 3 is 2.54 bits per heavy atom. The zero-order valence-corrected chi connectivity index (χ0v) is 9.02. The first-order chi connectivity index (χ1) is 5.45. The van der Waals surface area contributed by atoms with Gasteiger partial charge in [0.15, 0.2) is 0 Å². The van der Waals surface area contributed by atoms with Gasteiger partial charge in [-0.05, 0) is 26.7 Å². The highest BCUT2D eigenvalue weighted by molar-refractivity contribution is 5.85. The molecule has 0 unspecified atom stereocenters. The molecule has 2 N–H and O–H groups in total. The van der Waals surface area contributed by atoms with Crippen molar-refractivity contribution in [3.63, 3.8) is 0 Å². The van der Waals surface area contributed by atoms with E-state index in [4.69, 9.17) is 10.5 Å². The van der Waals surface area contributed by atoms with E-state index in [1.807, 2.05) is 13.8 Å². The Balaban J connectivity index is 0. The first-order valence-electron chi connectivity index (χ1n) is 4.04. The third-order valence-electron chi connectivity index (χ3n) is 1.38. The maximum atomic E-state index is 10.6. The maximum Gasteiger partial charge on any atom is 0.330 e. The van der Waals surface area contributed by atoms with Gasteiger partial charge >= 0.3 is 5.97 Å². The number of carbonyl (C=O) groups is 1. The number of hydrogen-bond donors (Lipinski definition) is 1. The summed E-state index contributed by atoms with van der Waals surface area (Å²) in [6, 6.07) is 0. The first kappa shape index (κ1) is 15.0. The molecule has 0 heterocycles. The van der Waals surface area contributed by atoms with E-state index in [2.05, 4.69) is 6.58 Å². The Bertz CT molecular complexity index is 163. The van der Waals surface area contributed by atoms with Crippen molar-refractivity contribution in [2.45, 2.75) is 32.2 Å². The summed E-state index contributed by atoms with van der Waals surface area (Å²) in [6.45, 7) is 7.60. The number of halogens is 1. The molecule has 0 aromatic heterocycles. The van der Waals surface area contributed by atoms with Crippen LogP contribution in [-0.4, -0.2) is 18.1 Å². The normalized spacial score (nSPS) is 10.1. The fourth-order valence-electron chi connectivity index (χ4n) is 0.759. The van der Waals surface area contributed by atoms with Crippen molar-refractivity contribution in [2.75, 3.05) is 6.61 Å². The summed E-state index contributed by atoms with van der Waals surface area (Å²) in [4.78, 5) is 10.6. The van der Waals surface area contributed by atoms with Gasteiger partial charge in [0.05, 0.1) is 6.61 Å². The van der Waals surface area contributed by atoms with E-state index in [1.54, 1.807) is 0 Å². The highest BCUT2D eigenvalue weighted by Gasteiger charge is 2.09. The third kappa shape index (κ3) is 11.5. The van der Waals surface area contributed by atoms with E-state index in [1.165, 1.54) is 0 Å². The lowest BCUT2D eigenvalue weighted by atomic mass is 10.0. The van der Waals surface area contributed by atoms with Crippen LogP contribution in [0.1, 0.15) is 26.7 Å². The zero-order valence-electron chi connectivity index (χ0n) is 8.21. The van der Waals surface area contributed by atoms with Gasteiger partial charge in [-0.3, -0.25) is 0 Å². The van der Waals surface area contributed by atoms with Crippen molar-refractivity contribution in [3.05, 3.63) is 12.7 Å². The van der Waals surface area contributed by atoms with E-state index >= 15 is 0 Å². The van der Waals surface area contributed by atoms with Crippen LogP contribution < -0.4 is 5.73 Å². The second-order valence-corrected chi connectivity index (χ2v) is 3.46. The lowest BCUT2D eigenvalue weighted by molar-refractivity contribution is -0.137. The second kappa shape index (κ2) is 6.92. The van der Waals surface area contributed by atoms with Crippen LogP contribution in [0.4, 0.5) is 0 Å². The molecule has 0 spiro atoms.